The van der Waals surface area contributed by atoms with Crippen molar-refractivity contribution in [2.45, 2.75) is 59.1 Å². The van der Waals surface area contributed by atoms with E-state index in [9.17, 15) is 5.11 Å². The van der Waals surface area contributed by atoms with Crippen LogP contribution in [0.5, 0.6) is 0 Å². The molecule has 1 atom stereocenters. The Labute approximate surface area is 111 Å². The summed E-state index contributed by atoms with van der Waals surface area (Å²) in [5.41, 5.74) is 3.03. The summed E-state index contributed by atoms with van der Waals surface area (Å²) in [4.78, 5) is 0. The number of hydrogen-bond donors (Lipinski definition) is 2. The van der Waals surface area contributed by atoms with Gasteiger partial charge in [-0.15, -0.1) is 0 Å². The highest BCUT2D eigenvalue weighted by Crippen LogP contribution is 2.16. The number of rotatable bonds is 4. The van der Waals surface area contributed by atoms with E-state index in [-0.39, 0.29) is 5.54 Å². The smallest absolute Gasteiger partial charge is 0.0783 e. The van der Waals surface area contributed by atoms with Crippen LogP contribution in [0.15, 0.2) is 18.2 Å². The lowest BCUT2D eigenvalue weighted by atomic mass is 9.93. The SMILES string of the molecule is Cc1cc(C)cc(CC(C)(O)CNC(C)(C)C)c1. The van der Waals surface area contributed by atoms with E-state index in [0.29, 0.717) is 13.0 Å². The van der Waals surface area contributed by atoms with Gasteiger partial charge in [0.2, 0.25) is 0 Å². The standard InChI is InChI=1S/C16H27NO/c1-12-7-13(2)9-14(8-12)10-16(6,18)11-17-15(3,4)5/h7-9,17-18H,10-11H2,1-6H3. The lowest BCUT2D eigenvalue weighted by Crippen LogP contribution is -2.47. The summed E-state index contributed by atoms with van der Waals surface area (Å²) in [7, 11) is 0. The van der Waals surface area contributed by atoms with Crippen LogP contribution in [0, 0.1) is 13.8 Å². The molecule has 2 nitrogen and oxygen atoms in total. The zero-order valence-electron chi connectivity index (χ0n) is 12.6. The van der Waals surface area contributed by atoms with Crippen molar-refractivity contribution in [2.24, 2.45) is 0 Å². The van der Waals surface area contributed by atoms with Gasteiger partial charge in [0, 0.05) is 18.5 Å². The van der Waals surface area contributed by atoms with E-state index in [1.165, 1.54) is 16.7 Å². The number of hydrogen-bond acceptors (Lipinski definition) is 2. The Bertz CT molecular complexity index is 382. The summed E-state index contributed by atoms with van der Waals surface area (Å²) in [6.45, 7) is 13.0. The molecule has 0 aromatic heterocycles. The Morgan fingerprint density at radius 2 is 1.50 bits per heavy atom. The van der Waals surface area contributed by atoms with Crippen LogP contribution in [-0.2, 0) is 6.42 Å². The van der Waals surface area contributed by atoms with Gasteiger partial charge in [0.15, 0.2) is 0 Å². The Morgan fingerprint density at radius 1 is 1.00 bits per heavy atom. The molecule has 0 amide bonds. The molecular weight excluding hydrogens is 222 g/mol. The molecule has 1 rings (SSSR count). The molecule has 0 aliphatic carbocycles. The van der Waals surface area contributed by atoms with Crippen LogP contribution in [0.2, 0.25) is 0 Å². The third-order valence-corrected chi connectivity index (χ3v) is 2.87. The van der Waals surface area contributed by atoms with Crippen LogP contribution < -0.4 is 5.32 Å². The maximum absolute atomic E-state index is 10.5. The normalized spacial score (nSPS) is 15.5. The molecule has 0 radical (unpaired) electrons. The maximum Gasteiger partial charge on any atom is 0.0783 e. The minimum atomic E-state index is -0.715. The molecule has 0 bridgehead atoms. The van der Waals surface area contributed by atoms with E-state index in [2.05, 4.69) is 58.1 Å². The first-order valence-electron chi connectivity index (χ1n) is 6.62. The second-order valence-corrected chi connectivity index (χ2v) is 6.77. The molecule has 0 spiro atoms. The Hall–Kier alpha value is -0.860. The van der Waals surface area contributed by atoms with Crippen molar-refractivity contribution < 1.29 is 5.11 Å². The minimum absolute atomic E-state index is 0.0342. The van der Waals surface area contributed by atoms with Crippen LogP contribution >= 0.6 is 0 Å². The van der Waals surface area contributed by atoms with E-state index >= 15 is 0 Å². The van der Waals surface area contributed by atoms with Gasteiger partial charge < -0.3 is 10.4 Å². The van der Waals surface area contributed by atoms with Crippen molar-refractivity contribution in [1.29, 1.82) is 0 Å². The topological polar surface area (TPSA) is 32.3 Å². The first-order chi connectivity index (χ1) is 8.07. The van der Waals surface area contributed by atoms with Crippen molar-refractivity contribution in [3.8, 4) is 0 Å². The van der Waals surface area contributed by atoms with Gasteiger partial charge in [-0.2, -0.15) is 0 Å². The van der Waals surface area contributed by atoms with Gasteiger partial charge in [0.25, 0.3) is 0 Å². The van der Waals surface area contributed by atoms with Gasteiger partial charge in [-0.25, -0.2) is 0 Å². The highest BCUT2D eigenvalue weighted by molar-refractivity contribution is 5.29. The number of aliphatic hydroxyl groups is 1. The van der Waals surface area contributed by atoms with Crippen molar-refractivity contribution in [3.63, 3.8) is 0 Å². The number of nitrogens with one attached hydrogen (secondary N) is 1. The van der Waals surface area contributed by atoms with E-state index in [4.69, 9.17) is 0 Å². The average Bonchev–Trinajstić information content (AvgIpc) is 2.11. The molecule has 18 heavy (non-hydrogen) atoms. The number of aryl methyl sites for hydroxylation is 2. The Kier molecular flexibility index (Phi) is 4.57. The van der Waals surface area contributed by atoms with E-state index in [1.54, 1.807) is 0 Å². The van der Waals surface area contributed by atoms with Gasteiger partial charge in [-0.05, 0) is 47.1 Å². The third kappa shape index (κ3) is 5.65. The van der Waals surface area contributed by atoms with Crippen LogP contribution in [0.25, 0.3) is 0 Å². The average molecular weight is 249 g/mol. The molecule has 2 N–H and O–H groups in total. The molecule has 0 saturated heterocycles. The van der Waals surface area contributed by atoms with Crippen LogP contribution in [0.1, 0.15) is 44.4 Å². The third-order valence-electron chi connectivity index (χ3n) is 2.87. The molecule has 0 aliphatic rings. The van der Waals surface area contributed by atoms with Crippen LogP contribution in [0.3, 0.4) is 0 Å². The van der Waals surface area contributed by atoms with Crippen molar-refractivity contribution in [1.82, 2.24) is 5.32 Å². The van der Waals surface area contributed by atoms with Crippen molar-refractivity contribution >= 4 is 0 Å². The highest BCUT2D eigenvalue weighted by Gasteiger charge is 2.23. The Morgan fingerprint density at radius 3 is 1.94 bits per heavy atom. The Balaban J connectivity index is 2.69. The summed E-state index contributed by atoms with van der Waals surface area (Å²) >= 11 is 0. The molecule has 0 fully saturated rings. The van der Waals surface area contributed by atoms with E-state index < -0.39 is 5.60 Å². The van der Waals surface area contributed by atoms with Gasteiger partial charge in [-0.1, -0.05) is 29.3 Å². The highest BCUT2D eigenvalue weighted by atomic mass is 16.3. The lowest BCUT2D eigenvalue weighted by molar-refractivity contribution is 0.0534. The molecule has 1 aromatic rings. The van der Waals surface area contributed by atoms with Crippen molar-refractivity contribution in [2.75, 3.05) is 6.54 Å². The first-order valence-corrected chi connectivity index (χ1v) is 6.62. The fraction of sp³-hybridized carbons (Fsp3) is 0.625. The summed E-state index contributed by atoms with van der Waals surface area (Å²) in [6.07, 6.45) is 0.679. The molecule has 2 heteroatoms. The molecule has 0 saturated carbocycles. The molecule has 1 unspecified atom stereocenters. The molecule has 1 aromatic carbocycles. The fourth-order valence-corrected chi connectivity index (χ4v) is 2.13. The van der Waals surface area contributed by atoms with Crippen LogP contribution in [0.4, 0.5) is 0 Å². The van der Waals surface area contributed by atoms with E-state index in [0.717, 1.165) is 0 Å². The lowest BCUT2D eigenvalue weighted by Gasteiger charge is -2.29. The molecular formula is C16H27NO. The summed E-state index contributed by atoms with van der Waals surface area (Å²) in [5, 5.41) is 13.8. The second-order valence-electron chi connectivity index (χ2n) is 6.77. The monoisotopic (exact) mass is 249 g/mol. The first kappa shape index (κ1) is 15.2. The zero-order valence-corrected chi connectivity index (χ0v) is 12.6. The summed E-state index contributed by atoms with van der Waals surface area (Å²) in [6, 6.07) is 6.46. The van der Waals surface area contributed by atoms with Crippen LogP contribution in [-0.4, -0.2) is 22.8 Å². The summed E-state index contributed by atoms with van der Waals surface area (Å²) in [5.74, 6) is 0. The van der Waals surface area contributed by atoms with Gasteiger partial charge in [-0.3, -0.25) is 0 Å². The number of β-amino-alcohol motifs (C(OH)–C–C–N with tert-alkyl or cyclic N) is 1. The largest absolute Gasteiger partial charge is 0.389 e. The van der Waals surface area contributed by atoms with E-state index in [1.807, 2.05) is 6.92 Å². The molecule has 0 heterocycles. The zero-order chi connectivity index (χ0) is 14.0. The maximum atomic E-state index is 10.5. The second kappa shape index (κ2) is 5.41. The molecule has 102 valence electrons. The quantitative estimate of drug-likeness (QED) is 0.860. The number of benzene rings is 1. The fourth-order valence-electron chi connectivity index (χ4n) is 2.13. The van der Waals surface area contributed by atoms with Gasteiger partial charge in [0.1, 0.15) is 0 Å². The van der Waals surface area contributed by atoms with Gasteiger partial charge in [0.05, 0.1) is 5.60 Å². The van der Waals surface area contributed by atoms with Crippen molar-refractivity contribution in [3.05, 3.63) is 34.9 Å². The van der Waals surface area contributed by atoms with Gasteiger partial charge >= 0.3 is 0 Å². The minimum Gasteiger partial charge on any atom is -0.389 e. The summed E-state index contributed by atoms with van der Waals surface area (Å²) < 4.78 is 0. The predicted octanol–water partition coefficient (Wildman–Crippen LogP) is 2.99. The molecule has 0 aliphatic heterocycles. The predicted molar refractivity (Wildman–Crippen MR) is 78.0 cm³/mol.